The number of allylic oxidation sites excluding steroid dienone is 1. The highest BCUT2D eigenvalue weighted by Gasteiger charge is 2.09. The Bertz CT molecular complexity index is 474. The Morgan fingerprint density at radius 1 is 0.923 bits per heavy atom. The lowest BCUT2D eigenvalue weighted by atomic mass is 10.1. The molecule has 0 aliphatic heterocycles. The maximum Gasteiger partial charge on any atom is 0.303 e. The van der Waals surface area contributed by atoms with Gasteiger partial charge in [0.25, 0.3) is 10.1 Å². The van der Waals surface area contributed by atoms with E-state index < -0.39 is 16.1 Å². The normalized spacial score (nSPS) is 13.3. The lowest BCUT2D eigenvalue weighted by Gasteiger charge is -2.07. The van der Waals surface area contributed by atoms with E-state index >= 15 is 0 Å². The average Bonchev–Trinajstić information content (AvgIpc) is 2.59. The summed E-state index contributed by atoms with van der Waals surface area (Å²) in [6.45, 7) is 0. The molecule has 0 spiro atoms. The second-order valence-corrected chi connectivity index (χ2v) is 8.27. The van der Waals surface area contributed by atoms with Gasteiger partial charge in [0.15, 0.2) is 0 Å². The molecule has 0 saturated heterocycles. The summed E-state index contributed by atoms with van der Waals surface area (Å²) >= 11 is 0. The van der Waals surface area contributed by atoms with Crippen LogP contribution in [0.25, 0.3) is 0 Å². The Labute approximate surface area is 157 Å². The molecule has 0 aliphatic carbocycles. The van der Waals surface area contributed by atoms with Gasteiger partial charge < -0.3 is 10.2 Å². The van der Waals surface area contributed by atoms with Gasteiger partial charge in [-0.25, -0.2) is 5.26 Å². The first-order valence-electron chi connectivity index (χ1n) is 9.48. The van der Waals surface area contributed by atoms with Gasteiger partial charge in [0.05, 0.1) is 11.9 Å². The number of hydrogen-bond acceptors (Lipinski definition) is 6. The summed E-state index contributed by atoms with van der Waals surface area (Å²) in [6, 6.07) is 0. The molecule has 0 aromatic heterocycles. The predicted octanol–water partition coefficient (Wildman–Crippen LogP) is 3.88. The number of carbonyl (C=O) groups is 1. The molecule has 0 rings (SSSR count). The monoisotopic (exact) mass is 394 g/mol. The standard InChI is InChI=1S/C18H34O7S/c19-17(14-10-7-8-12-16-26(23,24)25-22)13-9-5-3-1-2-4-6-11-15-18(20)21/h5,9,17,19,22H,1-4,6-8,10-16H2,(H,20,21)/b9-5-/t17-/m0/s1. The fourth-order valence-corrected chi connectivity index (χ4v) is 3.24. The zero-order valence-corrected chi connectivity index (χ0v) is 16.3. The molecule has 26 heavy (non-hydrogen) atoms. The Morgan fingerprint density at radius 3 is 2.23 bits per heavy atom. The van der Waals surface area contributed by atoms with E-state index in [1.165, 1.54) is 0 Å². The van der Waals surface area contributed by atoms with Crippen LogP contribution in [0.1, 0.15) is 83.5 Å². The van der Waals surface area contributed by atoms with Gasteiger partial charge in [-0.1, -0.05) is 50.7 Å². The molecule has 0 aliphatic rings. The molecule has 0 unspecified atom stereocenters. The van der Waals surface area contributed by atoms with E-state index in [1.807, 2.05) is 6.08 Å². The minimum Gasteiger partial charge on any atom is -0.481 e. The van der Waals surface area contributed by atoms with Crippen LogP contribution in [0, 0.1) is 0 Å². The molecule has 0 heterocycles. The lowest BCUT2D eigenvalue weighted by Crippen LogP contribution is -2.08. The molecule has 7 nitrogen and oxygen atoms in total. The molecular weight excluding hydrogens is 360 g/mol. The Balaban J connectivity index is 3.41. The quantitative estimate of drug-likeness (QED) is 0.140. The molecule has 0 bridgehead atoms. The van der Waals surface area contributed by atoms with E-state index in [4.69, 9.17) is 10.4 Å². The van der Waals surface area contributed by atoms with Crippen LogP contribution in [0.2, 0.25) is 0 Å². The Kier molecular flexibility index (Phi) is 15.6. The van der Waals surface area contributed by atoms with E-state index in [9.17, 15) is 18.3 Å². The minimum absolute atomic E-state index is 0.186. The highest BCUT2D eigenvalue weighted by atomic mass is 32.2. The lowest BCUT2D eigenvalue weighted by molar-refractivity contribution is -0.137. The van der Waals surface area contributed by atoms with Crippen LogP contribution in [0.5, 0.6) is 0 Å². The van der Waals surface area contributed by atoms with Crippen molar-refractivity contribution >= 4 is 16.1 Å². The van der Waals surface area contributed by atoms with Gasteiger partial charge in [-0.2, -0.15) is 8.42 Å². The number of carboxylic acids is 1. The first-order valence-corrected chi connectivity index (χ1v) is 11.1. The van der Waals surface area contributed by atoms with E-state index in [-0.39, 0.29) is 18.3 Å². The molecule has 1 atom stereocenters. The maximum atomic E-state index is 10.9. The highest BCUT2D eigenvalue weighted by Crippen LogP contribution is 2.11. The number of aliphatic carboxylic acids is 1. The molecular formula is C18H34O7S. The second kappa shape index (κ2) is 16.2. The molecule has 0 fully saturated rings. The molecule has 154 valence electrons. The summed E-state index contributed by atoms with van der Waals surface area (Å²) in [6.07, 6.45) is 14.1. The molecule has 0 amide bonds. The van der Waals surface area contributed by atoms with Crippen molar-refractivity contribution in [2.24, 2.45) is 0 Å². The van der Waals surface area contributed by atoms with Crippen molar-refractivity contribution in [1.82, 2.24) is 0 Å². The van der Waals surface area contributed by atoms with Crippen LogP contribution in [0.15, 0.2) is 12.2 Å². The predicted molar refractivity (Wildman–Crippen MR) is 100 cm³/mol. The second-order valence-electron chi connectivity index (χ2n) is 6.60. The number of rotatable bonds is 18. The molecule has 0 saturated carbocycles. The van der Waals surface area contributed by atoms with Crippen LogP contribution in [-0.4, -0.2) is 41.7 Å². The van der Waals surface area contributed by atoms with Crippen LogP contribution in [-0.2, 0) is 19.2 Å². The highest BCUT2D eigenvalue weighted by molar-refractivity contribution is 7.86. The molecule has 0 radical (unpaired) electrons. The van der Waals surface area contributed by atoms with Gasteiger partial charge >= 0.3 is 5.97 Å². The Morgan fingerprint density at radius 2 is 1.54 bits per heavy atom. The van der Waals surface area contributed by atoms with E-state index in [0.717, 1.165) is 57.8 Å². The van der Waals surface area contributed by atoms with Gasteiger partial charge in [0, 0.05) is 6.42 Å². The van der Waals surface area contributed by atoms with Crippen molar-refractivity contribution in [2.75, 3.05) is 5.75 Å². The number of carboxylic acid groups (broad SMARTS) is 1. The van der Waals surface area contributed by atoms with Gasteiger partial charge in [-0.15, -0.1) is 4.33 Å². The van der Waals surface area contributed by atoms with E-state index in [2.05, 4.69) is 10.4 Å². The SMILES string of the molecule is O=C(O)CCCCCCC/C=C\C[C@H](O)CCCCCCS(=O)(=O)OO. The summed E-state index contributed by atoms with van der Waals surface area (Å²) in [5.41, 5.74) is 0. The fourth-order valence-electron chi connectivity index (χ4n) is 2.61. The number of hydrogen-bond donors (Lipinski definition) is 3. The summed E-state index contributed by atoms with van der Waals surface area (Å²) in [4.78, 5) is 10.4. The zero-order chi connectivity index (χ0) is 19.7. The van der Waals surface area contributed by atoms with Crippen LogP contribution in [0.4, 0.5) is 0 Å². The van der Waals surface area contributed by atoms with E-state index in [1.54, 1.807) is 0 Å². The minimum atomic E-state index is -3.78. The van der Waals surface area contributed by atoms with E-state index in [0.29, 0.717) is 19.3 Å². The third-order valence-electron chi connectivity index (χ3n) is 4.13. The molecule has 0 aromatic carbocycles. The summed E-state index contributed by atoms with van der Waals surface area (Å²) in [5.74, 6) is -0.912. The third-order valence-corrected chi connectivity index (χ3v) is 5.15. The molecule has 3 N–H and O–H groups in total. The Hall–Kier alpha value is -0.960. The van der Waals surface area contributed by atoms with Crippen molar-refractivity contribution in [3.63, 3.8) is 0 Å². The van der Waals surface area contributed by atoms with Crippen molar-refractivity contribution in [1.29, 1.82) is 0 Å². The van der Waals surface area contributed by atoms with Gasteiger partial charge in [0.1, 0.15) is 0 Å². The van der Waals surface area contributed by atoms with Gasteiger partial charge in [-0.05, 0) is 38.5 Å². The smallest absolute Gasteiger partial charge is 0.303 e. The fraction of sp³-hybridized carbons (Fsp3) is 0.833. The van der Waals surface area contributed by atoms with Crippen molar-refractivity contribution in [3.05, 3.63) is 12.2 Å². The number of aliphatic hydroxyl groups excluding tert-OH is 1. The topological polar surface area (TPSA) is 121 Å². The van der Waals surface area contributed by atoms with Crippen molar-refractivity contribution in [2.45, 2.75) is 89.6 Å². The molecule has 0 aromatic rings. The van der Waals surface area contributed by atoms with Gasteiger partial charge in [-0.3, -0.25) is 4.79 Å². The third kappa shape index (κ3) is 17.8. The summed E-state index contributed by atoms with van der Waals surface area (Å²) in [7, 11) is -3.78. The first-order chi connectivity index (χ1) is 12.4. The summed E-state index contributed by atoms with van der Waals surface area (Å²) < 4.78 is 25.2. The van der Waals surface area contributed by atoms with Crippen LogP contribution >= 0.6 is 0 Å². The summed E-state index contributed by atoms with van der Waals surface area (Å²) in [5, 5.41) is 26.5. The van der Waals surface area contributed by atoms with Gasteiger partial charge in [0.2, 0.25) is 0 Å². The largest absolute Gasteiger partial charge is 0.481 e. The molecule has 8 heteroatoms. The maximum absolute atomic E-state index is 10.9. The average molecular weight is 395 g/mol. The zero-order valence-electron chi connectivity index (χ0n) is 15.5. The number of aliphatic hydroxyl groups is 1. The van der Waals surface area contributed by atoms with Crippen molar-refractivity contribution in [3.8, 4) is 0 Å². The van der Waals surface area contributed by atoms with Crippen LogP contribution < -0.4 is 0 Å². The first kappa shape index (κ1) is 25.0. The van der Waals surface area contributed by atoms with Crippen molar-refractivity contribution < 1.29 is 33.0 Å². The number of unbranched alkanes of at least 4 members (excludes halogenated alkanes) is 8. The van der Waals surface area contributed by atoms with Crippen LogP contribution in [0.3, 0.4) is 0 Å².